The van der Waals surface area contributed by atoms with Crippen LogP contribution in [-0.4, -0.2) is 29.9 Å². The molecule has 0 saturated heterocycles. The van der Waals surface area contributed by atoms with Crippen LogP contribution in [-0.2, 0) is 6.54 Å². The summed E-state index contributed by atoms with van der Waals surface area (Å²) < 4.78 is 40.2. The Kier molecular flexibility index (Phi) is 7.02. The lowest BCUT2D eigenvalue weighted by molar-refractivity contribution is -0.182. The molecule has 0 radical (unpaired) electrons. The lowest BCUT2D eigenvalue weighted by Gasteiger charge is -2.30. The highest BCUT2D eigenvalue weighted by atomic mass is 35.5. The standard InChI is InChI=1S/C18H19ClF3NS/c1-23(13-14-7-9-15(19)10-8-14)17(18(20,21)22)11-12-24-16-5-3-2-4-6-16/h2-10,17H,11-13H2,1H3. The van der Waals surface area contributed by atoms with Gasteiger partial charge in [0.25, 0.3) is 0 Å². The van der Waals surface area contributed by atoms with Crippen molar-refractivity contribution in [3.05, 3.63) is 65.2 Å². The predicted octanol–water partition coefficient (Wildman–Crippen LogP) is 5.89. The second-order valence-electron chi connectivity index (χ2n) is 5.55. The van der Waals surface area contributed by atoms with Crippen LogP contribution in [0.2, 0.25) is 5.02 Å². The Hall–Kier alpha value is -1.17. The number of hydrogen-bond donors (Lipinski definition) is 0. The summed E-state index contributed by atoms with van der Waals surface area (Å²) in [6, 6.07) is 14.9. The Morgan fingerprint density at radius 2 is 1.67 bits per heavy atom. The average molecular weight is 374 g/mol. The van der Waals surface area contributed by atoms with Crippen molar-refractivity contribution >= 4 is 23.4 Å². The van der Waals surface area contributed by atoms with E-state index in [1.54, 1.807) is 24.3 Å². The number of halogens is 4. The maximum Gasteiger partial charge on any atom is 0.404 e. The molecular formula is C18H19ClF3NS. The predicted molar refractivity (Wildman–Crippen MR) is 94.5 cm³/mol. The highest BCUT2D eigenvalue weighted by molar-refractivity contribution is 7.99. The molecule has 1 atom stereocenters. The van der Waals surface area contributed by atoms with Crippen LogP contribution >= 0.6 is 23.4 Å². The van der Waals surface area contributed by atoms with Crippen molar-refractivity contribution in [1.82, 2.24) is 4.90 Å². The van der Waals surface area contributed by atoms with Crippen LogP contribution in [0.3, 0.4) is 0 Å². The number of rotatable bonds is 7. The molecule has 0 fully saturated rings. The molecule has 0 aromatic heterocycles. The first-order valence-electron chi connectivity index (χ1n) is 7.55. The topological polar surface area (TPSA) is 3.24 Å². The van der Waals surface area contributed by atoms with Gasteiger partial charge in [-0.3, -0.25) is 4.90 Å². The number of alkyl halides is 3. The fourth-order valence-electron chi connectivity index (χ4n) is 2.43. The zero-order valence-electron chi connectivity index (χ0n) is 13.3. The number of hydrogen-bond acceptors (Lipinski definition) is 2. The van der Waals surface area contributed by atoms with Crippen molar-refractivity contribution in [3.63, 3.8) is 0 Å². The fourth-order valence-corrected chi connectivity index (χ4v) is 3.48. The van der Waals surface area contributed by atoms with Crippen molar-refractivity contribution in [2.75, 3.05) is 12.8 Å². The third-order valence-electron chi connectivity index (χ3n) is 3.66. The first-order chi connectivity index (χ1) is 11.4. The maximum atomic E-state index is 13.4. The molecule has 0 saturated carbocycles. The minimum Gasteiger partial charge on any atom is -0.291 e. The Balaban J connectivity index is 1.95. The lowest BCUT2D eigenvalue weighted by Crippen LogP contribution is -2.43. The van der Waals surface area contributed by atoms with Gasteiger partial charge in [-0.1, -0.05) is 41.9 Å². The quantitative estimate of drug-likeness (QED) is 0.557. The molecule has 1 nitrogen and oxygen atoms in total. The van der Waals surface area contributed by atoms with Gasteiger partial charge in [-0.25, -0.2) is 0 Å². The van der Waals surface area contributed by atoms with Gasteiger partial charge >= 0.3 is 6.18 Å². The summed E-state index contributed by atoms with van der Waals surface area (Å²) >= 11 is 7.26. The smallest absolute Gasteiger partial charge is 0.291 e. The highest BCUT2D eigenvalue weighted by Gasteiger charge is 2.41. The van der Waals surface area contributed by atoms with Gasteiger partial charge in [0, 0.05) is 16.5 Å². The molecule has 1 unspecified atom stereocenters. The monoisotopic (exact) mass is 373 g/mol. The lowest BCUT2D eigenvalue weighted by atomic mass is 10.1. The van der Waals surface area contributed by atoms with E-state index in [4.69, 9.17) is 11.6 Å². The summed E-state index contributed by atoms with van der Waals surface area (Å²) in [6.07, 6.45) is -4.20. The Morgan fingerprint density at radius 1 is 1.04 bits per heavy atom. The molecule has 2 aromatic rings. The minimum atomic E-state index is -4.25. The van der Waals surface area contributed by atoms with Crippen LogP contribution in [0.4, 0.5) is 13.2 Å². The molecule has 2 aromatic carbocycles. The summed E-state index contributed by atoms with van der Waals surface area (Å²) in [5.41, 5.74) is 0.812. The van der Waals surface area contributed by atoms with Crippen molar-refractivity contribution in [3.8, 4) is 0 Å². The second kappa shape index (κ2) is 8.79. The fraction of sp³-hybridized carbons (Fsp3) is 0.333. The van der Waals surface area contributed by atoms with E-state index in [0.717, 1.165) is 10.5 Å². The van der Waals surface area contributed by atoms with Crippen LogP contribution in [0.5, 0.6) is 0 Å². The minimum absolute atomic E-state index is 0.0488. The Bertz CT molecular complexity index is 616. The zero-order valence-corrected chi connectivity index (χ0v) is 14.8. The van der Waals surface area contributed by atoms with E-state index in [2.05, 4.69) is 0 Å². The molecule has 130 valence electrons. The summed E-state index contributed by atoms with van der Waals surface area (Å²) in [6.45, 7) is 0.233. The summed E-state index contributed by atoms with van der Waals surface area (Å²) in [4.78, 5) is 2.34. The van der Waals surface area contributed by atoms with Crippen molar-refractivity contribution < 1.29 is 13.2 Å². The molecule has 0 N–H and O–H groups in total. The van der Waals surface area contributed by atoms with E-state index in [1.807, 2.05) is 30.3 Å². The molecule has 2 rings (SSSR count). The number of nitrogens with zero attached hydrogens (tertiary/aromatic N) is 1. The normalized spacial score (nSPS) is 13.2. The largest absolute Gasteiger partial charge is 0.404 e. The van der Waals surface area contributed by atoms with Gasteiger partial charge in [0.1, 0.15) is 6.04 Å². The van der Waals surface area contributed by atoms with Crippen LogP contribution in [0.25, 0.3) is 0 Å². The van der Waals surface area contributed by atoms with Crippen molar-refractivity contribution in [2.24, 2.45) is 0 Å². The van der Waals surface area contributed by atoms with E-state index in [9.17, 15) is 13.2 Å². The number of benzene rings is 2. The molecule has 0 aliphatic carbocycles. The molecule has 0 aliphatic rings. The van der Waals surface area contributed by atoms with Gasteiger partial charge in [0.15, 0.2) is 0 Å². The van der Waals surface area contributed by atoms with Crippen LogP contribution in [0.1, 0.15) is 12.0 Å². The highest BCUT2D eigenvalue weighted by Crippen LogP contribution is 2.30. The first kappa shape index (κ1) is 19.2. The Labute approximate surface area is 149 Å². The summed E-state index contributed by atoms with van der Waals surface area (Å²) in [5, 5.41) is 0.577. The average Bonchev–Trinajstić information content (AvgIpc) is 2.53. The van der Waals surface area contributed by atoms with Gasteiger partial charge in [0.05, 0.1) is 0 Å². The zero-order chi connectivity index (χ0) is 17.6. The Morgan fingerprint density at radius 3 is 2.25 bits per heavy atom. The molecule has 0 spiro atoms. The van der Waals surface area contributed by atoms with Crippen LogP contribution < -0.4 is 0 Å². The third kappa shape index (κ3) is 6.04. The SMILES string of the molecule is CN(Cc1ccc(Cl)cc1)C(CCSc1ccccc1)C(F)(F)F. The van der Waals surface area contributed by atoms with E-state index >= 15 is 0 Å². The maximum absolute atomic E-state index is 13.4. The van der Waals surface area contributed by atoms with Gasteiger partial charge in [0.2, 0.25) is 0 Å². The van der Waals surface area contributed by atoms with Gasteiger partial charge < -0.3 is 0 Å². The molecular weight excluding hydrogens is 355 g/mol. The van der Waals surface area contributed by atoms with Gasteiger partial charge in [-0.15, -0.1) is 11.8 Å². The van der Waals surface area contributed by atoms with Crippen LogP contribution in [0.15, 0.2) is 59.5 Å². The van der Waals surface area contributed by atoms with Gasteiger partial charge in [-0.05, 0) is 49.1 Å². The van der Waals surface area contributed by atoms with Crippen molar-refractivity contribution in [2.45, 2.75) is 30.1 Å². The van der Waals surface area contributed by atoms with E-state index in [-0.39, 0.29) is 13.0 Å². The molecule has 0 heterocycles. The molecule has 24 heavy (non-hydrogen) atoms. The molecule has 0 bridgehead atoms. The molecule has 0 aliphatic heterocycles. The van der Waals surface area contributed by atoms with E-state index in [0.29, 0.717) is 10.8 Å². The summed E-state index contributed by atoms with van der Waals surface area (Å²) in [7, 11) is 1.51. The van der Waals surface area contributed by atoms with Crippen molar-refractivity contribution in [1.29, 1.82) is 0 Å². The molecule has 0 amide bonds. The second-order valence-corrected chi connectivity index (χ2v) is 7.15. The summed E-state index contributed by atoms with van der Waals surface area (Å²) in [5.74, 6) is 0.416. The van der Waals surface area contributed by atoms with Crippen LogP contribution in [0, 0.1) is 0 Å². The number of thioether (sulfide) groups is 1. The van der Waals surface area contributed by atoms with E-state index in [1.165, 1.54) is 23.7 Å². The van der Waals surface area contributed by atoms with Gasteiger partial charge in [-0.2, -0.15) is 13.2 Å². The van der Waals surface area contributed by atoms with E-state index < -0.39 is 12.2 Å². The first-order valence-corrected chi connectivity index (χ1v) is 8.92. The third-order valence-corrected chi connectivity index (χ3v) is 4.96. The molecule has 6 heteroatoms.